The fourth-order valence-corrected chi connectivity index (χ4v) is 2.06. The molecule has 1 unspecified atom stereocenters. The minimum Gasteiger partial charge on any atom is -0.396 e. The highest BCUT2D eigenvalue weighted by molar-refractivity contribution is 5.46. The monoisotopic (exact) mass is 295 g/mol. The zero-order valence-electron chi connectivity index (χ0n) is 11.5. The van der Waals surface area contributed by atoms with Gasteiger partial charge in [0.1, 0.15) is 0 Å². The zero-order chi connectivity index (χ0) is 15.4. The number of hydrogen-bond donors (Lipinski definition) is 2. The summed E-state index contributed by atoms with van der Waals surface area (Å²) in [5, 5.41) is 11.9. The molecule has 5 heteroatoms. The van der Waals surface area contributed by atoms with Gasteiger partial charge in [-0.05, 0) is 48.7 Å². The summed E-state index contributed by atoms with van der Waals surface area (Å²) >= 11 is 0. The molecule has 2 nitrogen and oxygen atoms in total. The first-order chi connectivity index (χ1) is 10.0. The van der Waals surface area contributed by atoms with Gasteiger partial charge < -0.3 is 10.4 Å². The first-order valence-electron chi connectivity index (χ1n) is 6.62. The van der Waals surface area contributed by atoms with Crippen LogP contribution in [0.15, 0.2) is 36.4 Å². The Kier molecular flexibility index (Phi) is 4.85. The molecule has 2 rings (SSSR count). The van der Waals surface area contributed by atoms with Crippen molar-refractivity contribution in [3.8, 4) is 0 Å². The van der Waals surface area contributed by atoms with Crippen LogP contribution in [0.4, 0.5) is 18.9 Å². The summed E-state index contributed by atoms with van der Waals surface area (Å²) in [7, 11) is 0. The van der Waals surface area contributed by atoms with Gasteiger partial charge in [-0.25, -0.2) is 13.2 Å². The van der Waals surface area contributed by atoms with Crippen molar-refractivity contribution in [1.29, 1.82) is 0 Å². The first kappa shape index (κ1) is 15.4. The molecule has 21 heavy (non-hydrogen) atoms. The second-order valence-electron chi connectivity index (χ2n) is 4.84. The highest BCUT2D eigenvalue weighted by atomic mass is 19.2. The number of aliphatic hydroxyl groups excluding tert-OH is 1. The third kappa shape index (κ3) is 3.76. The lowest BCUT2D eigenvalue weighted by Gasteiger charge is -2.16. The lowest BCUT2D eigenvalue weighted by atomic mass is 10.1. The smallest absolute Gasteiger partial charge is 0.194 e. The van der Waals surface area contributed by atoms with Crippen molar-refractivity contribution in [2.24, 2.45) is 0 Å². The van der Waals surface area contributed by atoms with Crippen LogP contribution in [0.2, 0.25) is 0 Å². The van der Waals surface area contributed by atoms with Gasteiger partial charge in [0.15, 0.2) is 17.5 Å². The van der Waals surface area contributed by atoms with Crippen molar-refractivity contribution in [3.63, 3.8) is 0 Å². The second kappa shape index (κ2) is 6.63. The number of halogens is 3. The summed E-state index contributed by atoms with van der Waals surface area (Å²) in [4.78, 5) is 0. The van der Waals surface area contributed by atoms with E-state index >= 15 is 0 Å². The summed E-state index contributed by atoms with van der Waals surface area (Å²) in [5.74, 6) is -3.85. The van der Waals surface area contributed by atoms with Crippen LogP contribution in [-0.4, -0.2) is 11.7 Å². The molecule has 0 amide bonds. The van der Waals surface area contributed by atoms with E-state index in [0.29, 0.717) is 12.0 Å². The molecule has 0 saturated carbocycles. The molecule has 1 atom stereocenters. The molecule has 0 spiro atoms. The van der Waals surface area contributed by atoms with E-state index in [0.717, 1.165) is 23.4 Å². The Morgan fingerprint density at radius 1 is 1.05 bits per heavy atom. The molecular formula is C16H16F3NO. The van der Waals surface area contributed by atoms with Gasteiger partial charge >= 0.3 is 0 Å². The van der Waals surface area contributed by atoms with E-state index in [4.69, 9.17) is 5.11 Å². The number of nitrogens with one attached hydrogen (secondary N) is 1. The van der Waals surface area contributed by atoms with E-state index in [1.807, 2.05) is 24.3 Å². The van der Waals surface area contributed by atoms with Crippen molar-refractivity contribution in [1.82, 2.24) is 0 Å². The van der Waals surface area contributed by atoms with Crippen LogP contribution in [0, 0.1) is 17.5 Å². The van der Waals surface area contributed by atoms with Crippen LogP contribution in [-0.2, 0) is 6.42 Å². The number of benzene rings is 2. The van der Waals surface area contributed by atoms with Crippen molar-refractivity contribution in [3.05, 3.63) is 65.0 Å². The highest BCUT2D eigenvalue weighted by Gasteiger charge is 2.14. The van der Waals surface area contributed by atoms with Gasteiger partial charge in [-0.2, -0.15) is 0 Å². The van der Waals surface area contributed by atoms with Crippen LogP contribution in [0.25, 0.3) is 0 Å². The van der Waals surface area contributed by atoms with Gasteiger partial charge in [0.25, 0.3) is 0 Å². The molecule has 2 aromatic carbocycles. The second-order valence-corrected chi connectivity index (χ2v) is 4.84. The highest BCUT2D eigenvalue weighted by Crippen LogP contribution is 2.23. The zero-order valence-corrected chi connectivity index (χ0v) is 11.5. The van der Waals surface area contributed by atoms with Crippen LogP contribution in [0.1, 0.15) is 24.1 Å². The maximum Gasteiger partial charge on any atom is 0.194 e. The fraction of sp³-hybridized carbons (Fsp3) is 0.250. The summed E-state index contributed by atoms with van der Waals surface area (Å²) in [6.45, 7) is 1.81. The van der Waals surface area contributed by atoms with E-state index in [1.165, 1.54) is 0 Å². The van der Waals surface area contributed by atoms with E-state index < -0.39 is 17.5 Å². The molecule has 2 N–H and O–H groups in total. The molecule has 2 aromatic rings. The molecule has 0 aliphatic rings. The summed E-state index contributed by atoms with van der Waals surface area (Å²) in [6, 6.07) is 8.94. The Morgan fingerprint density at radius 2 is 1.62 bits per heavy atom. The average molecular weight is 295 g/mol. The van der Waals surface area contributed by atoms with Gasteiger partial charge in [-0.3, -0.25) is 0 Å². The number of anilines is 1. The molecule has 0 radical (unpaired) electrons. The predicted molar refractivity (Wildman–Crippen MR) is 75.6 cm³/mol. The topological polar surface area (TPSA) is 32.3 Å². The molecule has 0 aromatic heterocycles. The predicted octanol–water partition coefficient (Wildman–Crippen LogP) is 3.81. The van der Waals surface area contributed by atoms with Crippen LogP contribution in [0.3, 0.4) is 0 Å². The number of hydrogen-bond acceptors (Lipinski definition) is 2. The van der Waals surface area contributed by atoms with Gasteiger partial charge in [-0.1, -0.05) is 12.1 Å². The third-order valence-corrected chi connectivity index (χ3v) is 3.24. The Labute approximate surface area is 121 Å². The Morgan fingerprint density at radius 3 is 2.14 bits per heavy atom. The summed E-state index contributed by atoms with van der Waals surface area (Å²) in [6.07, 6.45) is 0.574. The maximum absolute atomic E-state index is 13.2. The van der Waals surface area contributed by atoms with E-state index in [1.54, 1.807) is 6.92 Å². The lowest BCUT2D eigenvalue weighted by Crippen LogP contribution is -2.08. The Hall–Kier alpha value is -2.01. The Balaban J connectivity index is 2.12. The van der Waals surface area contributed by atoms with Crippen molar-refractivity contribution in [2.75, 3.05) is 11.9 Å². The van der Waals surface area contributed by atoms with Crippen molar-refractivity contribution < 1.29 is 18.3 Å². The minimum absolute atomic E-state index is 0.0807. The van der Waals surface area contributed by atoms with Crippen LogP contribution < -0.4 is 5.32 Å². The molecule has 0 bridgehead atoms. The minimum atomic E-state index is -1.46. The summed E-state index contributed by atoms with van der Waals surface area (Å²) in [5.41, 5.74) is 2.09. The normalized spacial score (nSPS) is 12.2. The van der Waals surface area contributed by atoms with Gasteiger partial charge in [0.05, 0.1) is 0 Å². The van der Waals surface area contributed by atoms with E-state index in [9.17, 15) is 13.2 Å². The van der Waals surface area contributed by atoms with Crippen molar-refractivity contribution in [2.45, 2.75) is 19.4 Å². The standard InChI is InChI=1S/C16H16F3NO/c1-10(12-8-14(17)16(19)15(18)9-12)20-13-4-2-11(3-5-13)6-7-21/h2-5,8-10,20-21H,6-7H2,1H3. The molecule has 0 heterocycles. The molecule has 0 aliphatic carbocycles. The van der Waals surface area contributed by atoms with Gasteiger partial charge in [-0.15, -0.1) is 0 Å². The average Bonchev–Trinajstić information content (AvgIpc) is 2.46. The third-order valence-electron chi connectivity index (χ3n) is 3.24. The van der Waals surface area contributed by atoms with Gasteiger partial charge in [0, 0.05) is 18.3 Å². The quantitative estimate of drug-likeness (QED) is 0.822. The molecule has 0 saturated heterocycles. The number of rotatable bonds is 5. The molecule has 0 fully saturated rings. The molecule has 0 aliphatic heterocycles. The molecular weight excluding hydrogens is 279 g/mol. The fourth-order valence-electron chi connectivity index (χ4n) is 2.06. The lowest BCUT2D eigenvalue weighted by molar-refractivity contribution is 0.299. The van der Waals surface area contributed by atoms with Crippen LogP contribution >= 0.6 is 0 Å². The number of aliphatic hydroxyl groups is 1. The van der Waals surface area contributed by atoms with Crippen LogP contribution in [0.5, 0.6) is 0 Å². The largest absolute Gasteiger partial charge is 0.396 e. The first-order valence-corrected chi connectivity index (χ1v) is 6.62. The van der Waals surface area contributed by atoms with Gasteiger partial charge in [0.2, 0.25) is 0 Å². The SMILES string of the molecule is CC(Nc1ccc(CCO)cc1)c1cc(F)c(F)c(F)c1. The molecule has 112 valence electrons. The summed E-state index contributed by atoms with van der Waals surface area (Å²) < 4.78 is 39.3. The van der Waals surface area contributed by atoms with E-state index in [-0.39, 0.29) is 12.6 Å². The Bertz CT molecular complexity index is 590. The van der Waals surface area contributed by atoms with E-state index in [2.05, 4.69) is 5.32 Å². The van der Waals surface area contributed by atoms with Crippen molar-refractivity contribution >= 4 is 5.69 Å². The maximum atomic E-state index is 13.2.